The number of anilines is 1. The third kappa shape index (κ3) is 5.25. The Hall–Kier alpha value is -3.02. The SMILES string of the molecule is CCOc1ccc(C(=O)N(C)CC(=O)Nc2cccc(C)c2C)cc1OCC. The van der Waals surface area contributed by atoms with Crippen molar-refractivity contribution in [1.29, 1.82) is 0 Å². The average molecular weight is 384 g/mol. The zero-order valence-corrected chi connectivity index (χ0v) is 17.2. The molecular weight excluding hydrogens is 356 g/mol. The van der Waals surface area contributed by atoms with Crippen LogP contribution in [0.5, 0.6) is 11.5 Å². The summed E-state index contributed by atoms with van der Waals surface area (Å²) in [6, 6.07) is 10.8. The summed E-state index contributed by atoms with van der Waals surface area (Å²) >= 11 is 0. The highest BCUT2D eigenvalue weighted by Gasteiger charge is 2.18. The van der Waals surface area contributed by atoms with E-state index in [0.29, 0.717) is 30.3 Å². The van der Waals surface area contributed by atoms with Crippen LogP contribution in [0.3, 0.4) is 0 Å². The number of nitrogens with zero attached hydrogens (tertiary/aromatic N) is 1. The minimum Gasteiger partial charge on any atom is -0.490 e. The molecule has 150 valence electrons. The van der Waals surface area contributed by atoms with Crippen LogP contribution in [0.4, 0.5) is 5.69 Å². The van der Waals surface area contributed by atoms with Crippen molar-refractivity contribution in [3.8, 4) is 11.5 Å². The summed E-state index contributed by atoms with van der Waals surface area (Å²) in [5, 5.41) is 2.87. The summed E-state index contributed by atoms with van der Waals surface area (Å²) < 4.78 is 11.1. The van der Waals surface area contributed by atoms with Crippen molar-refractivity contribution < 1.29 is 19.1 Å². The van der Waals surface area contributed by atoms with Gasteiger partial charge in [-0.05, 0) is 63.1 Å². The molecule has 0 saturated carbocycles. The Morgan fingerprint density at radius 2 is 1.68 bits per heavy atom. The summed E-state index contributed by atoms with van der Waals surface area (Å²) in [7, 11) is 1.60. The van der Waals surface area contributed by atoms with E-state index in [-0.39, 0.29) is 18.4 Å². The average Bonchev–Trinajstić information content (AvgIpc) is 2.66. The van der Waals surface area contributed by atoms with Crippen LogP contribution in [0, 0.1) is 13.8 Å². The minimum atomic E-state index is -0.264. The van der Waals surface area contributed by atoms with Gasteiger partial charge >= 0.3 is 0 Å². The number of rotatable bonds is 8. The molecule has 2 amide bonds. The molecule has 0 bridgehead atoms. The fourth-order valence-corrected chi connectivity index (χ4v) is 2.77. The molecule has 0 heterocycles. The van der Waals surface area contributed by atoms with Crippen molar-refractivity contribution in [2.24, 2.45) is 0 Å². The summed E-state index contributed by atoms with van der Waals surface area (Å²) in [5.41, 5.74) is 3.30. The van der Waals surface area contributed by atoms with Gasteiger partial charge in [-0.25, -0.2) is 0 Å². The lowest BCUT2D eigenvalue weighted by Crippen LogP contribution is -2.35. The smallest absolute Gasteiger partial charge is 0.254 e. The molecule has 1 N–H and O–H groups in total. The largest absolute Gasteiger partial charge is 0.490 e. The Labute approximate surface area is 166 Å². The Kier molecular flexibility index (Phi) is 7.44. The van der Waals surface area contributed by atoms with E-state index >= 15 is 0 Å². The third-order valence-electron chi connectivity index (χ3n) is 4.40. The number of benzene rings is 2. The number of carbonyl (C=O) groups is 2. The van der Waals surface area contributed by atoms with E-state index in [1.165, 1.54) is 4.90 Å². The van der Waals surface area contributed by atoms with Gasteiger partial charge in [0, 0.05) is 18.3 Å². The summed E-state index contributed by atoms with van der Waals surface area (Å²) in [6.45, 7) is 8.61. The van der Waals surface area contributed by atoms with Gasteiger partial charge in [0.25, 0.3) is 5.91 Å². The van der Waals surface area contributed by atoms with Crippen molar-refractivity contribution in [1.82, 2.24) is 4.90 Å². The zero-order chi connectivity index (χ0) is 20.7. The molecule has 2 aromatic carbocycles. The zero-order valence-electron chi connectivity index (χ0n) is 17.2. The molecule has 0 atom stereocenters. The molecule has 2 rings (SSSR count). The van der Waals surface area contributed by atoms with Gasteiger partial charge in [-0.15, -0.1) is 0 Å². The van der Waals surface area contributed by atoms with Gasteiger partial charge in [-0.2, -0.15) is 0 Å². The first-order valence-electron chi connectivity index (χ1n) is 9.38. The predicted octanol–water partition coefficient (Wildman–Crippen LogP) is 3.81. The lowest BCUT2D eigenvalue weighted by Gasteiger charge is -2.19. The maximum atomic E-state index is 12.7. The molecule has 0 spiro atoms. The topological polar surface area (TPSA) is 67.9 Å². The number of carbonyl (C=O) groups excluding carboxylic acids is 2. The van der Waals surface area contributed by atoms with Gasteiger partial charge in [0.15, 0.2) is 11.5 Å². The van der Waals surface area contributed by atoms with Crippen molar-refractivity contribution in [3.63, 3.8) is 0 Å². The molecule has 0 unspecified atom stereocenters. The van der Waals surface area contributed by atoms with E-state index in [0.717, 1.165) is 16.8 Å². The lowest BCUT2D eigenvalue weighted by molar-refractivity contribution is -0.116. The molecule has 28 heavy (non-hydrogen) atoms. The van der Waals surface area contributed by atoms with Gasteiger partial charge in [-0.1, -0.05) is 12.1 Å². The quantitative estimate of drug-likeness (QED) is 0.751. The van der Waals surface area contributed by atoms with E-state index in [1.54, 1.807) is 25.2 Å². The van der Waals surface area contributed by atoms with Crippen LogP contribution in [0.1, 0.15) is 35.3 Å². The number of hydrogen-bond acceptors (Lipinski definition) is 4. The highest BCUT2D eigenvalue weighted by molar-refractivity contribution is 5.99. The fraction of sp³-hybridized carbons (Fsp3) is 0.364. The molecular formula is C22H28N2O4. The Morgan fingerprint density at radius 3 is 2.36 bits per heavy atom. The Morgan fingerprint density at radius 1 is 1.00 bits per heavy atom. The van der Waals surface area contributed by atoms with E-state index in [9.17, 15) is 9.59 Å². The number of hydrogen-bond donors (Lipinski definition) is 1. The molecule has 0 fully saturated rings. The van der Waals surface area contributed by atoms with E-state index in [1.807, 2.05) is 45.9 Å². The summed E-state index contributed by atoms with van der Waals surface area (Å²) in [5.74, 6) is 0.597. The number of aryl methyl sites for hydroxylation is 1. The van der Waals surface area contributed by atoms with Crippen LogP contribution in [-0.4, -0.2) is 43.5 Å². The van der Waals surface area contributed by atoms with Crippen molar-refractivity contribution in [2.75, 3.05) is 32.1 Å². The van der Waals surface area contributed by atoms with Crippen LogP contribution >= 0.6 is 0 Å². The van der Waals surface area contributed by atoms with E-state index in [2.05, 4.69) is 5.32 Å². The second-order valence-corrected chi connectivity index (χ2v) is 6.48. The first-order chi connectivity index (χ1) is 13.4. The van der Waals surface area contributed by atoms with Gasteiger partial charge in [0.05, 0.1) is 19.8 Å². The van der Waals surface area contributed by atoms with Crippen molar-refractivity contribution in [2.45, 2.75) is 27.7 Å². The molecule has 0 radical (unpaired) electrons. The van der Waals surface area contributed by atoms with Crippen molar-refractivity contribution in [3.05, 3.63) is 53.1 Å². The predicted molar refractivity (Wildman–Crippen MR) is 110 cm³/mol. The second-order valence-electron chi connectivity index (χ2n) is 6.48. The van der Waals surface area contributed by atoms with Gasteiger partial charge < -0.3 is 19.7 Å². The molecule has 2 aromatic rings. The van der Waals surface area contributed by atoms with E-state index in [4.69, 9.17) is 9.47 Å². The number of amides is 2. The Bertz CT molecular complexity index is 848. The minimum absolute atomic E-state index is 0.0522. The normalized spacial score (nSPS) is 10.3. The standard InChI is InChI=1S/C22H28N2O4/c1-6-27-19-12-11-17(13-20(19)28-7-2)22(26)24(5)14-21(25)23-18-10-8-9-15(3)16(18)4/h8-13H,6-7,14H2,1-5H3,(H,23,25). The van der Waals surface area contributed by atoms with Crippen LogP contribution in [0.25, 0.3) is 0 Å². The maximum Gasteiger partial charge on any atom is 0.254 e. The number of nitrogens with one attached hydrogen (secondary N) is 1. The number of likely N-dealkylation sites (N-methyl/N-ethyl adjacent to an activating group) is 1. The molecule has 0 aliphatic rings. The monoisotopic (exact) mass is 384 g/mol. The van der Waals surface area contributed by atoms with Gasteiger partial charge in [0.2, 0.25) is 5.91 Å². The Balaban J connectivity index is 2.08. The highest BCUT2D eigenvalue weighted by Crippen LogP contribution is 2.29. The third-order valence-corrected chi connectivity index (χ3v) is 4.40. The number of ether oxygens (including phenoxy) is 2. The van der Waals surface area contributed by atoms with Crippen LogP contribution in [-0.2, 0) is 4.79 Å². The molecule has 0 aromatic heterocycles. The molecule has 0 aliphatic heterocycles. The lowest BCUT2D eigenvalue weighted by atomic mass is 10.1. The fourth-order valence-electron chi connectivity index (χ4n) is 2.77. The van der Waals surface area contributed by atoms with Gasteiger partial charge in [-0.3, -0.25) is 9.59 Å². The molecule has 6 nitrogen and oxygen atoms in total. The van der Waals surface area contributed by atoms with Crippen LogP contribution in [0.2, 0.25) is 0 Å². The van der Waals surface area contributed by atoms with Crippen LogP contribution < -0.4 is 14.8 Å². The molecule has 6 heteroatoms. The summed E-state index contributed by atoms with van der Waals surface area (Å²) in [6.07, 6.45) is 0. The van der Waals surface area contributed by atoms with Crippen molar-refractivity contribution >= 4 is 17.5 Å². The maximum absolute atomic E-state index is 12.7. The molecule has 0 aliphatic carbocycles. The first kappa shape index (κ1) is 21.3. The first-order valence-corrected chi connectivity index (χ1v) is 9.38. The van der Waals surface area contributed by atoms with Crippen LogP contribution in [0.15, 0.2) is 36.4 Å². The molecule has 0 saturated heterocycles. The summed E-state index contributed by atoms with van der Waals surface area (Å²) in [4.78, 5) is 26.5. The second kappa shape index (κ2) is 9.78. The van der Waals surface area contributed by atoms with Gasteiger partial charge in [0.1, 0.15) is 0 Å². The van der Waals surface area contributed by atoms with E-state index < -0.39 is 0 Å². The highest BCUT2D eigenvalue weighted by atomic mass is 16.5.